The first-order valence-electron chi connectivity index (χ1n) is 7.05. The van der Waals surface area contributed by atoms with Crippen molar-refractivity contribution in [2.24, 2.45) is 5.92 Å². The third kappa shape index (κ3) is 2.66. The maximum absolute atomic E-state index is 13.3. The Morgan fingerprint density at radius 1 is 1.35 bits per heavy atom. The van der Waals surface area contributed by atoms with Gasteiger partial charge in [-0.2, -0.15) is 0 Å². The Morgan fingerprint density at radius 2 is 2.05 bits per heavy atom. The number of nitro benzene ring substituents is 1. The molecule has 20 heavy (non-hydrogen) atoms. The van der Waals surface area contributed by atoms with E-state index in [4.69, 9.17) is 0 Å². The van der Waals surface area contributed by atoms with Gasteiger partial charge in [0.1, 0.15) is 5.82 Å². The average Bonchev–Trinajstić information content (AvgIpc) is 3.26. The van der Waals surface area contributed by atoms with Crippen LogP contribution in [-0.4, -0.2) is 36.0 Å². The molecule has 1 aromatic carbocycles. The first-order chi connectivity index (χ1) is 9.66. The van der Waals surface area contributed by atoms with E-state index in [1.807, 2.05) is 0 Å². The second kappa shape index (κ2) is 5.46. The summed E-state index contributed by atoms with van der Waals surface area (Å²) in [6, 6.07) is 4.03. The molecule has 6 heteroatoms. The smallest absolute Gasteiger partial charge is 0.277 e. The zero-order valence-corrected chi connectivity index (χ0v) is 11.2. The van der Waals surface area contributed by atoms with Crippen molar-refractivity contribution < 1.29 is 9.31 Å². The Hall–Kier alpha value is -1.53. The summed E-state index contributed by atoms with van der Waals surface area (Å²) in [5.74, 6) is -0.0763. The van der Waals surface area contributed by atoms with Crippen molar-refractivity contribution >= 4 is 5.69 Å². The second-order valence-electron chi connectivity index (χ2n) is 5.53. The molecule has 1 saturated carbocycles. The van der Waals surface area contributed by atoms with Gasteiger partial charge >= 0.3 is 0 Å². The third-order valence-corrected chi connectivity index (χ3v) is 4.12. The number of hydrogen-bond acceptors (Lipinski definition) is 4. The molecule has 1 heterocycles. The summed E-state index contributed by atoms with van der Waals surface area (Å²) in [5, 5.41) is 14.5. The maximum atomic E-state index is 13.3. The monoisotopic (exact) mass is 279 g/mol. The lowest BCUT2D eigenvalue weighted by atomic mass is 9.98. The summed E-state index contributed by atoms with van der Waals surface area (Å²) >= 11 is 0. The number of hydrogen-bond donors (Lipinski definition) is 1. The van der Waals surface area contributed by atoms with Crippen LogP contribution in [0.4, 0.5) is 10.1 Å². The number of benzene rings is 1. The van der Waals surface area contributed by atoms with E-state index >= 15 is 0 Å². The molecule has 0 spiro atoms. The average molecular weight is 279 g/mol. The third-order valence-electron chi connectivity index (χ3n) is 4.12. The van der Waals surface area contributed by atoms with E-state index in [0.717, 1.165) is 45.1 Å². The Labute approximate surface area is 116 Å². The van der Waals surface area contributed by atoms with Crippen LogP contribution < -0.4 is 5.32 Å². The number of nitrogens with one attached hydrogen (secondary N) is 1. The van der Waals surface area contributed by atoms with E-state index in [2.05, 4.69) is 10.2 Å². The summed E-state index contributed by atoms with van der Waals surface area (Å²) in [7, 11) is 0. The summed E-state index contributed by atoms with van der Waals surface area (Å²) in [6.45, 7) is 3.57. The van der Waals surface area contributed by atoms with E-state index in [0.29, 0.717) is 11.5 Å². The minimum Gasteiger partial charge on any atom is -0.314 e. The molecule has 0 unspecified atom stereocenters. The normalized spacial score (nSPS) is 21.6. The SMILES string of the molecule is O=[N+]([O-])c1cc(F)ccc1[C@@H](C1CC1)N1CCNCC1. The van der Waals surface area contributed by atoms with Crippen LogP contribution in [-0.2, 0) is 0 Å². The minimum atomic E-state index is -0.546. The fraction of sp³-hybridized carbons (Fsp3) is 0.571. The number of nitro groups is 1. The van der Waals surface area contributed by atoms with Gasteiger partial charge in [-0.3, -0.25) is 15.0 Å². The van der Waals surface area contributed by atoms with E-state index < -0.39 is 10.7 Å². The molecule has 2 aliphatic rings. The Bertz CT molecular complexity index is 513. The Balaban J connectivity index is 1.96. The predicted molar refractivity (Wildman–Crippen MR) is 73.0 cm³/mol. The van der Waals surface area contributed by atoms with Gasteiger partial charge < -0.3 is 5.32 Å². The van der Waals surface area contributed by atoms with Crippen LogP contribution in [0.15, 0.2) is 18.2 Å². The van der Waals surface area contributed by atoms with Gasteiger partial charge in [0.2, 0.25) is 0 Å². The molecule has 1 saturated heterocycles. The van der Waals surface area contributed by atoms with Crippen molar-refractivity contribution in [3.05, 3.63) is 39.7 Å². The van der Waals surface area contributed by atoms with Crippen molar-refractivity contribution in [2.45, 2.75) is 18.9 Å². The number of nitrogens with zero attached hydrogens (tertiary/aromatic N) is 2. The highest BCUT2D eigenvalue weighted by molar-refractivity contribution is 5.43. The zero-order chi connectivity index (χ0) is 14.1. The van der Waals surface area contributed by atoms with Crippen molar-refractivity contribution in [3.63, 3.8) is 0 Å². The Kier molecular flexibility index (Phi) is 3.67. The molecule has 0 amide bonds. The fourth-order valence-electron chi connectivity index (χ4n) is 3.05. The molecule has 5 nitrogen and oxygen atoms in total. The van der Waals surface area contributed by atoms with Crippen molar-refractivity contribution in [1.82, 2.24) is 10.2 Å². The molecule has 1 N–H and O–H groups in total. The standard InChI is InChI=1S/C14H18FN3O2/c15-11-3-4-12(13(9-11)18(19)20)14(10-1-2-10)17-7-5-16-6-8-17/h3-4,9-10,14,16H,1-2,5-8H2/t14-/m1/s1. The highest BCUT2D eigenvalue weighted by Crippen LogP contribution is 2.47. The highest BCUT2D eigenvalue weighted by atomic mass is 19.1. The number of rotatable bonds is 4. The van der Waals surface area contributed by atoms with Crippen LogP contribution >= 0.6 is 0 Å². The molecule has 1 atom stereocenters. The Morgan fingerprint density at radius 3 is 2.65 bits per heavy atom. The van der Waals surface area contributed by atoms with E-state index in [1.54, 1.807) is 6.07 Å². The lowest BCUT2D eigenvalue weighted by Crippen LogP contribution is -2.45. The van der Waals surface area contributed by atoms with Gasteiger partial charge in [-0.1, -0.05) is 0 Å². The maximum Gasteiger partial charge on any atom is 0.277 e. The second-order valence-corrected chi connectivity index (χ2v) is 5.53. The zero-order valence-electron chi connectivity index (χ0n) is 11.2. The van der Waals surface area contributed by atoms with Gasteiger partial charge in [-0.05, 0) is 30.9 Å². The molecule has 1 aliphatic heterocycles. The first-order valence-corrected chi connectivity index (χ1v) is 7.05. The lowest BCUT2D eigenvalue weighted by Gasteiger charge is -2.35. The lowest BCUT2D eigenvalue weighted by molar-refractivity contribution is -0.386. The predicted octanol–water partition coefficient (Wildman–Crippen LogP) is 2.09. The van der Waals surface area contributed by atoms with Gasteiger partial charge in [0.05, 0.1) is 11.0 Å². The van der Waals surface area contributed by atoms with Crippen LogP contribution in [0.25, 0.3) is 0 Å². The van der Waals surface area contributed by atoms with Crippen molar-refractivity contribution in [2.75, 3.05) is 26.2 Å². The van der Waals surface area contributed by atoms with E-state index in [9.17, 15) is 14.5 Å². The summed E-state index contributed by atoms with van der Waals surface area (Å²) in [6.07, 6.45) is 2.20. The van der Waals surface area contributed by atoms with Crippen LogP contribution in [0, 0.1) is 21.8 Å². The molecule has 0 radical (unpaired) electrons. The molecule has 3 rings (SSSR count). The van der Waals surface area contributed by atoms with Crippen LogP contribution in [0.5, 0.6) is 0 Å². The van der Waals surface area contributed by atoms with Gasteiger partial charge in [0.15, 0.2) is 0 Å². The molecule has 2 fully saturated rings. The molecule has 1 aliphatic carbocycles. The first kappa shape index (κ1) is 13.5. The molecule has 0 bridgehead atoms. The van der Waals surface area contributed by atoms with Crippen LogP contribution in [0.3, 0.4) is 0 Å². The summed E-state index contributed by atoms with van der Waals surface area (Å²) < 4.78 is 13.3. The van der Waals surface area contributed by atoms with Gasteiger partial charge in [0, 0.05) is 37.8 Å². The van der Waals surface area contributed by atoms with Crippen molar-refractivity contribution in [1.29, 1.82) is 0 Å². The molecule has 0 aromatic heterocycles. The fourth-order valence-corrected chi connectivity index (χ4v) is 3.05. The van der Waals surface area contributed by atoms with E-state index in [-0.39, 0.29) is 11.7 Å². The quantitative estimate of drug-likeness (QED) is 0.677. The number of piperazine rings is 1. The van der Waals surface area contributed by atoms with Gasteiger partial charge in [0.25, 0.3) is 5.69 Å². The molecule has 1 aromatic rings. The summed E-state index contributed by atoms with van der Waals surface area (Å²) in [5.41, 5.74) is 0.584. The molecular weight excluding hydrogens is 261 g/mol. The number of halogens is 1. The van der Waals surface area contributed by atoms with E-state index in [1.165, 1.54) is 6.07 Å². The molecule has 108 valence electrons. The topological polar surface area (TPSA) is 58.4 Å². The van der Waals surface area contributed by atoms with Gasteiger partial charge in [-0.25, -0.2) is 4.39 Å². The van der Waals surface area contributed by atoms with Crippen LogP contribution in [0.2, 0.25) is 0 Å². The van der Waals surface area contributed by atoms with Crippen molar-refractivity contribution in [3.8, 4) is 0 Å². The van der Waals surface area contributed by atoms with Crippen LogP contribution in [0.1, 0.15) is 24.4 Å². The largest absolute Gasteiger partial charge is 0.314 e. The highest BCUT2D eigenvalue weighted by Gasteiger charge is 2.39. The van der Waals surface area contributed by atoms with Gasteiger partial charge in [-0.15, -0.1) is 0 Å². The minimum absolute atomic E-state index is 0.0538. The summed E-state index contributed by atoms with van der Waals surface area (Å²) in [4.78, 5) is 13.0. The molecular formula is C14H18FN3O2.